The summed E-state index contributed by atoms with van der Waals surface area (Å²) < 4.78 is 5.74. The van der Waals surface area contributed by atoms with Gasteiger partial charge < -0.3 is 15.1 Å². The zero-order chi connectivity index (χ0) is 20.8. The largest absolute Gasteiger partial charge is 0.441 e. The van der Waals surface area contributed by atoms with Crippen molar-refractivity contribution in [3.8, 4) is 11.5 Å². The summed E-state index contributed by atoms with van der Waals surface area (Å²) in [6, 6.07) is 17.1. The number of aromatic nitrogens is 1. The van der Waals surface area contributed by atoms with Gasteiger partial charge in [0, 0.05) is 11.3 Å². The first-order valence-corrected chi connectivity index (χ1v) is 9.60. The van der Waals surface area contributed by atoms with E-state index in [2.05, 4.69) is 41.6 Å². The summed E-state index contributed by atoms with van der Waals surface area (Å²) in [4.78, 5) is 28.6. The number of nitrogens with zero attached hydrogens (tertiary/aromatic N) is 1. The number of hydrogen-bond acceptors (Lipinski definition) is 4. The van der Waals surface area contributed by atoms with Gasteiger partial charge in [0.25, 0.3) is 0 Å². The Labute approximate surface area is 170 Å². The first-order valence-electron chi connectivity index (χ1n) is 9.60. The number of amides is 2. The van der Waals surface area contributed by atoms with Crippen LogP contribution in [0.15, 0.2) is 59.0 Å². The molecule has 3 aromatic rings. The molecule has 0 unspecified atom stereocenters. The van der Waals surface area contributed by atoms with Crippen molar-refractivity contribution in [2.45, 2.75) is 33.1 Å². The molecule has 1 heterocycles. The van der Waals surface area contributed by atoms with Crippen molar-refractivity contribution in [2.75, 3.05) is 11.9 Å². The van der Waals surface area contributed by atoms with E-state index < -0.39 is 0 Å². The summed E-state index contributed by atoms with van der Waals surface area (Å²) in [5.74, 6) is 0.964. The van der Waals surface area contributed by atoms with Crippen LogP contribution in [0.2, 0.25) is 0 Å². The average molecular weight is 391 g/mol. The first-order chi connectivity index (χ1) is 13.9. The molecule has 150 valence electrons. The number of nitrogens with one attached hydrogen (secondary N) is 2. The van der Waals surface area contributed by atoms with Gasteiger partial charge in [0.05, 0.1) is 18.7 Å². The number of oxazole rings is 1. The van der Waals surface area contributed by atoms with E-state index in [0.717, 1.165) is 5.56 Å². The molecule has 2 amide bonds. The van der Waals surface area contributed by atoms with Crippen LogP contribution in [0.3, 0.4) is 0 Å². The maximum atomic E-state index is 12.2. The molecule has 0 aliphatic rings. The average Bonchev–Trinajstić information content (AvgIpc) is 3.07. The Kier molecular flexibility index (Phi) is 6.44. The molecule has 1 aromatic heterocycles. The minimum Gasteiger partial charge on any atom is -0.441 e. The van der Waals surface area contributed by atoms with Gasteiger partial charge in [0.2, 0.25) is 17.7 Å². The van der Waals surface area contributed by atoms with Crippen molar-refractivity contribution in [3.05, 3.63) is 71.6 Å². The number of carbonyl (C=O) groups is 2. The van der Waals surface area contributed by atoms with Crippen molar-refractivity contribution in [1.29, 1.82) is 0 Å². The monoisotopic (exact) mass is 391 g/mol. The van der Waals surface area contributed by atoms with Crippen LogP contribution in [0.1, 0.15) is 36.8 Å². The molecular formula is C23H25N3O3. The number of anilines is 1. The van der Waals surface area contributed by atoms with E-state index in [9.17, 15) is 9.59 Å². The second-order valence-electron chi connectivity index (χ2n) is 7.17. The van der Waals surface area contributed by atoms with Crippen LogP contribution in [-0.4, -0.2) is 23.3 Å². The van der Waals surface area contributed by atoms with Gasteiger partial charge in [-0.15, -0.1) is 0 Å². The third-order valence-electron chi connectivity index (χ3n) is 4.55. The molecule has 0 saturated heterocycles. The third kappa shape index (κ3) is 5.54. The second kappa shape index (κ2) is 9.19. The zero-order valence-corrected chi connectivity index (χ0v) is 16.9. The van der Waals surface area contributed by atoms with Crippen molar-refractivity contribution >= 4 is 17.5 Å². The fourth-order valence-corrected chi connectivity index (χ4v) is 2.85. The second-order valence-corrected chi connectivity index (χ2v) is 7.17. The highest BCUT2D eigenvalue weighted by Crippen LogP contribution is 2.24. The molecule has 0 spiro atoms. The van der Waals surface area contributed by atoms with Crippen LogP contribution in [0.25, 0.3) is 11.5 Å². The smallest absolute Gasteiger partial charge is 0.243 e. The Bertz CT molecular complexity index is 976. The summed E-state index contributed by atoms with van der Waals surface area (Å²) in [6.45, 7) is 5.96. The van der Waals surface area contributed by atoms with Crippen molar-refractivity contribution in [2.24, 2.45) is 0 Å². The molecule has 0 atom stereocenters. The van der Waals surface area contributed by atoms with E-state index >= 15 is 0 Å². The zero-order valence-electron chi connectivity index (χ0n) is 16.9. The Morgan fingerprint density at radius 3 is 2.34 bits per heavy atom. The molecule has 2 N–H and O–H groups in total. The number of benzene rings is 2. The van der Waals surface area contributed by atoms with Crippen LogP contribution >= 0.6 is 0 Å². The number of para-hydroxylation sites is 1. The van der Waals surface area contributed by atoms with E-state index in [1.807, 2.05) is 30.3 Å². The molecule has 0 saturated carbocycles. The lowest BCUT2D eigenvalue weighted by Gasteiger charge is -2.06. The Morgan fingerprint density at radius 2 is 1.69 bits per heavy atom. The van der Waals surface area contributed by atoms with Gasteiger partial charge in [-0.3, -0.25) is 9.59 Å². The first kappa shape index (κ1) is 20.3. The van der Waals surface area contributed by atoms with E-state index in [4.69, 9.17) is 4.42 Å². The normalized spacial score (nSPS) is 10.8. The number of carbonyl (C=O) groups excluding carboxylic acids is 2. The molecule has 6 nitrogen and oxygen atoms in total. The minimum atomic E-state index is -0.286. The maximum Gasteiger partial charge on any atom is 0.243 e. The summed E-state index contributed by atoms with van der Waals surface area (Å²) in [5, 5.41) is 5.34. The molecule has 6 heteroatoms. The molecule has 3 rings (SSSR count). The summed E-state index contributed by atoms with van der Waals surface area (Å²) >= 11 is 0. The van der Waals surface area contributed by atoms with Gasteiger partial charge in [-0.05, 0) is 42.7 Å². The standard InChI is InChI=1S/C23H25N3O3/c1-15(2)17-9-11-18(12-10-17)23-26-20(16(3)29-23)13-21(27)24-14-22(28)25-19-7-5-4-6-8-19/h4-12,15H,13-14H2,1-3H3,(H,24,27)(H,25,28). The summed E-state index contributed by atoms with van der Waals surface area (Å²) in [5.41, 5.74) is 3.36. The predicted octanol–water partition coefficient (Wildman–Crippen LogP) is 4.07. The molecule has 0 fully saturated rings. The van der Waals surface area contributed by atoms with Crippen molar-refractivity contribution in [3.63, 3.8) is 0 Å². The Balaban J connectivity index is 1.56. The summed E-state index contributed by atoms with van der Waals surface area (Å²) in [7, 11) is 0. The van der Waals surface area contributed by atoms with Crippen LogP contribution in [0, 0.1) is 6.92 Å². The van der Waals surface area contributed by atoms with E-state index in [-0.39, 0.29) is 24.8 Å². The molecule has 0 aliphatic heterocycles. The quantitative estimate of drug-likeness (QED) is 0.636. The van der Waals surface area contributed by atoms with Gasteiger partial charge >= 0.3 is 0 Å². The summed E-state index contributed by atoms with van der Waals surface area (Å²) in [6.07, 6.45) is 0.0536. The van der Waals surface area contributed by atoms with E-state index in [1.165, 1.54) is 5.56 Å². The van der Waals surface area contributed by atoms with Gasteiger partial charge in [0.1, 0.15) is 5.76 Å². The Hall–Kier alpha value is -3.41. The molecule has 0 radical (unpaired) electrons. The molecule has 2 aromatic carbocycles. The Morgan fingerprint density at radius 1 is 1.00 bits per heavy atom. The third-order valence-corrected chi connectivity index (χ3v) is 4.55. The van der Waals surface area contributed by atoms with Crippen molar-refractivity contribution < 1.29 is 14.0 Å². The lowest BCUT2D eigenvalue weighted by Crippen LogP contribution is -2.33. The van der Waals surface area contributed by atoms with Crippen LogP contribution in [0.4, 0.5) is 5.69 Å². The molecular weight excluding hydrogens is 366 g/mol. The minimum absolute atomic E-state index is 0.0536. The van der Waals surface area contributed by atoms with Crippen molar-refractivity contribution in [1.82, 2.24) is 10.3 Å². The van der Waals surface area contributed by atoms with Crippen LogP contribution < -0.4 is 10.6 Å². The molecule has 29 heavy (non-hydrogen) atoms. The highest BCUT2D eigenvalue weighted by molar-refractivity contribution is 5.94. The number of hydrogen-bond donors (Lipinski definition) is 2. The molecule has 0 aliphatic carbocycles. The van der Waals surface area contributed by atoms with Crippen LogP contribution in [-0.2, 0) is 16.0 Å². The number of rotatable bonds is 7. The van der Waals surface area contributed by atoms with Gasteiger partial charge in [0.15, 0.2) is 0 Å². The lowest BCUT2D eigenvalue weighted by molar-refractivity contribution is -0.123. The maximum absolute atomic E-state index is 12.2. The lowest BCUT2D eigenvalue weighted by atomic mass is 10.0. The topological polar surface area (TPSA) is 84.2 Å². The fraction of sp³-hybridized carbons (Fsp3) is 0.261. The van der Waals surface area contributed by atoms with E-state index in [1.54, 1.807) is 19.1 Å². The fourth-order valence-electron chi connectivity index (χ4n) is 2.85. The highest BCUT2D eigenvalue weighted by atomic mass is 16.4. The number of aryl methyl sites for hydroxylation is 1. The van der Waals surface area contributed by atoms with Gasteiger partial charge in [-0.2, -0.15) is 0 Å². The molecule has 0 bridgehead atoms. The predicted molar refractivity (Wildman–Crippen MR) is 113 cm³/mol. The highest BCUT2D eigenvalue weighted by Gasteiger charge is 2.15. The van der Waals surface area contributed by atoms with Crippen LogP contribution in [0.5, 0.6) is 0 Å². The SMILES string of the molecule is Cc1oc(-c2ccc(C(C)C)cc2)nc1CC(=O)NCC(=O)Nc1ccccc1. The van der Waals surface area contributed by atoms with Gasteiger partial charge in [-0.1, -0.05) is 44.2 Å². The van der Waals surface area contributed by atoms with Gasteiger partial charge in [-0.25, -0.2) is 4.98 Å². The van der Waals surface area contributed by atoms with E-state index in [0.29, 0.717) is 29.0 Å².